The average molecular weight is 401 g/mol. The van der Waals surface area contributed by atoms with Crippen LogP contribution in [-0.4, -0.2) is 16.8 Å². The van der Waals surface area contributed by atoms with Crippen LogP contribution in [-0.2, 0) is 4.79 Å². The first-order valence-corrected chi connectivity index (χ1v) is 10.0. The molecule has 0 rings (SSSR count). The van der Waals surface area contributed by atoms with Crippen molar-refractivity contribution in [2.24, 2.45) is 0 Å². The van der Waals surface area contributed by atoms with E-state index in [-0.39, 0.29) is 12.2 Å². The number of carbonyl (C=O) groups is 1. The molecule has 0 heterocycles. The van der Waals surface area contributed by atoms with Crippen molar-refractivity contribution >= 4 is 21.7 Å². The molecule has 0 amide bonds. The van der Waals surface area contributed by atoms with E-state index in [1.54, 1.807) is 0 Å². The Bertz CT molecular complexity index is 292. The van der Waals surface area contributed by atoms with Gasteiger partial charge in [0, 0.05) is 12.8 Å². The average Bonchev–Trinajstić information content (AvgIpc) is 2.47. The predicted molar refractivity (Wildman–Crippen MR) is 94.1 cm³/mol. The second-order valence-electron chi connectivity index (χ2n) is 6.39. The third-order valence-electron chi connectivity index (χ3n) is 4.07. The van der Waals surface area contributed by atoms with E-state index in [0.29, 0.717) is 6.42 Å². The Morgan fingerprint density at radius 3 is 1.61 bits per heavy atom. The van der Waals surface area contributed by atoms with Crippen molar-refractivity contribution in [2.75, 3.05) is 0 Å². The summed E-state index contributed by atoms with van der Waals surface area (Å²) in [4.78, 5) is 9.76. The van der Waals surface area contributed by atoms with Gasteiger partial charge in [0.2, 0.25) is 0 Å². The molecule has 0 spiro atoms. The lowest BCUT2D eigenvalue weighted by atomic mass is 10.0. The maximum absolute atomic E-state index is 12.3. The van der Waals surface area contributed by atoms with Crippen molar-refractivity contribution in [1.82, 2.24) is 0 Å². The summed E-state index contributed by atoms with van der Waals surface area (Å²) in [5.41, 5.74) is 0. The molecule has 1 atom stereocenters. The summed E-state index contributed by atoms with van der Waals surface area (Å²) in [5, 5.41) is 0. The van der Waals surface area contributed by atoms with Gasteiger partial charge in [0.15, 0.2) is 0 Å². The molecule has 0 saturated heterocycles. The molecule has 0 aromatic rings. The van der Waals surface area contributed by atoms with Crippen LogP contribution < -0.4 is 0 Å². The minimum atomic E-state index is -4.33. The highest BCUT2D eigenvalue weighted by molar-refractivity contribution is 9.09. The molecule has 0 aliphatic carbocycles. The minimum Gasteiger partial charge on any atom is -0.300 e. The Hall–Kier alpha value is -0.0600. The summed E-state index contributed by atoms with van der Waals surface area (Å²) in [6, 6.07) is 0. The van der Waals surface area contributed by atoms with Crippen LogP contribution in [0.3, 0.4) is 0 Å². The second kappa shape index (κ2) is 14.3. The molecule has 0 aromatic heterocycles. The largest absolute Gasteiger partial charge is 0.401 e. The fraction of sp³-hybridized carbons (Fsp3) is 0.944. The number of carbonyl (C=O) groups excluding carboxylic acids is 1. The Morgan fingerprint density at radius 1 is 0.826 bits per heavy atom. The summed E-state index contributed by atoms with van der Waals surface area (Å²) in [5.74, 6) is -0.295. The highest BCUT2D eigenvalue weighted by Crippen LogP contribution is 2.29. The molecule has 0 fully saturated rings. The topological polar surface area (TPSA) is 17.1 Å². The lowest BCUT2D eigenvalue weighted by Gasteiger charge is -2.12. The number of rotatable bonds is 15. The van der Waals surface area contributed by atoms with E-state index < -0.39 is 17.4 Å². The fourth-order valence-electron chi connectivity index (χ4n) is 2.58. The summed E-state index contributed by atoms with van der Waals surface area (Å²) in [7, 11) is 0. The molecule has 0 N–H and O–H groups in total. The number of hydrogen-bond acceptors (Lipinski definition) is 1. The zero-order chi connectivity index (χ0) is 17.6. The summed E-state index contributed by atoms with van der Waals surface area (Å²) in [6.45, 7) is 2.22. The third kappa shape index (κ3) is 15.2. The lowest BCUT2D eigenvalue weighted by molar-refractivity contribution is -0.137. The van der Waals surface area contributed by atoms with E-state index in [4.69, 9.17) is 0 Å². The highest BCUT2D eigenvalue weighted by atomic mass is 79.9. The van der Waals surface area contributed by atoms with Gasteiger partial charge in [-0.3, -0.25) is 4.79 Å². The summed E-state index contributed by atoms with van der Waals surface area (Å²) < 4.78 is 36.9. The zero-order valence-corrected chi connectivity index (χ0v) is 16.0. The van der Waals surface area contributed by atoms with Crippen LogP contribution in [0.5, 0.6) is 0 Å². The van der Waals surface area contributed by atoms with Gasteiger partial charge < -0.3 is 0 Å². The first kappa shape index (κ1) is 22.9. The second-order valence-corrected chi connectivity index (χ2v) is 7.50. The van der Waals surface area contributed by atoms with Gasteiger partial charge >= 0.3 is 6.18 Å². The Kier molecular flexibility index (Phi) is 14.3. The molecule has 0 aliphatic rings. The van der Waals surface area contributed by atoms with Crippen molar-refractivity contribution in [3.8, 4) is 0 Å². The van der Waals surface area contributed by atoms with Crippen LogP contribution in [0.1, 0.15) is 96.8 Å². The van der Waals surface area contributed by atoms with Gasteiger partial charge in [0.1, 0.15) is 10.6 Å². The predicted octanol–water partition coefficient (Wildman–Crippen LogP) is 7.36. The van der Waals surface area contributed by atoms with Gasteiger partial charge in [-0.05, 0) is 6.42 Å². The monoisotopic (exact) mass is 400 g/mol. The van der Waals surface area contributed by atoms with Crippen LogP contribution in [0.2, 0.25) is 0 Å². The maximum atomic E-state index is 12.3. The normalized spacial score (nSPS) is 13.3. The number of halogens is 4. The zero-order valence-electron chi connectivity index (χ0n) is 14.4. The van der Waals surface area contributed by atoms with E-state index in [1.165, 1.54) is 57.8 Å². The van der Waals surface area contributed by atoms with Crippen molar-refractivity contribution in [1.29, 1.82) is 0 Å². The number of Topliss-reactive ketones (excluding diaryl/α,β-unsaturated/α-hetero) is 1. The molecule has 5 heteroatoms. The van der Waals surface area contributed by atoms with E-state index in [1.807, 2.05) is 0 Å². The van der Waals surface area contributed by atoms with Gasteiger partial charge in [-0.25, -0.2) is 0 Å². The Labute approximate surface area is 147 Å². The standard InChI is InChI=1S/C18H32BrF3O/c1-2-3-4-5-6-7-8-9-10-11-12-13-14-16(23)15-17(19)18(20,21)22/h17H,2-15H2,1H3. The fourth-order valence-corrected chi connectivity index (χ4v) is 2.94. The van der Waals surface area contributed by atoms with E-state index in [0.717, 1.165) is 12.8 Å². The molecular weight excluding hydrogens is 369 g/mol. The maximum Gasteiger partial charge on any atom is 0.401 e. The number of hydrogen-bond donors (Lipinski definition) is 0. The van der Waals surface area contributed by atoms with Crippen molar-refractivity contribution in [3.05, 3.63) is 0 Å². The van der Waals surface area contributed by atoms with Gasteiger partial charge in [-0.2, -0.15) is 13.2 Å². The van der Waals surface area contributed by atoms with Crippen LogP contribution >= 0.6 is 15.9 Å². The molecule has 0 bridgehead atoms. The highest BCUT2D eigenvalue weighted by Gasteiger charge is 2.38. The third-order valence-corrected chi connectivity index (χ3v) is 4.91. The first-order chi connectivity index (χ1) is 10.9. The Balaban J connectivity index is 3.31. The minimum absolute atomic E-state index is 0.273. The van der Waals surface area contributed by atoms with Gasteiger partial charge in [0.25, 0.3) is 0 Å². The van der Waals surface area contributed by atoms with Gasteiger partial charge in [-0.15, -0.1) is 0 Å². The first-order valence-electron chi connectivity index (χ1n) is 9.10. The van der Waals surface area contributed by atoms with Crippen LogP contribution in [0.15, 0.2) is 0 Å². The summed E-state index contributed by atoms with van der Waals surface area (Å²) in [6.07, 6.45) is 9.92. The van der Waals surface area contributed by atoms with Crippen LogP contribution in [0.25, 0.3) is 0 Å². The SMILES string of the molecule is CCCCCCCCCCCCCCC(=O)CC(Br)C(F)(F)F. The van der Waals surface area contributed by atoms with Gasteiger partial charge in [0.05, 0.1) is 0 Å². The smallest absolute Gasteiger partial charge is 0.300 e. The molecule has 1 nitrogen and oxygen atoms in total. The molecular formula is C18H32BrF3O. The molecule has 0 saturated carbocycles. The van der Waals surface area contributed by atoms with Crippen molar-refractivity contribution < 1.29 is 18.0 Å². The van der Waals surface area contributed by atoms with E-state index in [2.05, 4.69) is 22.9 Å². The van der Waals surface area contributed by atoms with Crippen LogP contribution in [0.4, 0.5) is 13.2 Å². The van der Waals surface area contributed by atoms with E-state index >= 15 is 0 Å². The molecule has 0 aliphatic heterocycles. The molecule has 1 unspecified atom stereocenters. The molecule has 0 radical (unpaired) electrons. The molecule has 0 aromatic carbocycles. The quantitative estimate of drug-likeness (QED) is 0.207. The lowest BCUT2D eigenvalue weighted by Crippen LogP contribution is -2.25. The Morgan fingerprint density at radius 2 is 1.22 bits per heavy atom. The summed E-state index contributed by atoms with van der Waals surface area (Å²) >= 11 is 2.53. The van der Waals surface area contributed by atoms with E-state index in [9.17, 15) is 18.0 Å². The van der Waals surface area contributed by atoms with Gasteiger partial charge in [-0.1, -0.05) is 93.5 Å². The van der Waals surface area contributed by atoms with Crippen molar-refractivity contribution in [3.63, 3.8) is 0 Å². The van der Waals surface area contributed by atoms with Crippen molar-refractivity contribution in [2.45, 2.75) is 108 Å². The number of alkyl halides is 4. The molecule has 23 heavy (non-hydrogen) atoms. The van der Waals surface area contributed by atoms with Crippen LogP contribution in [0, 0.1) is 0 Å². The molecule has 138 valence electrons. The number of unbranched alkanes of at least 4 members (excludes halogenated alkanes) is 11. The number of ketones is 1.